The summed E-state index contributed by atoms with van der Waals surface area (Å²) in [6.07, 6.45) is 22.1. The van der Waals surface area contributed by atoms with Crippen LogP contribution in [0.1, 0.15) is 79.7 Å². The summed E-state index contributed by atoms with van der Waals surface area (Å²) in [5.41, 5.74) is 9.97. The predicted octanol–water partition coefficient (Wildman–Crippen LogP) is 11.1. The summed E-state index contributed by atoms with van der Waals surface area (Å²) < 4.78 is 0. The second-order valence-electron chi connectivity index (χ2n) is 12.3. The van der Waals surface area contributed by atoms with E-state index in [1.54, 1.807) is 6.08 Å². The lowest BCUT2D eigenvalue weighted by atomic mass is 9.83. The Kier molecular flexibility index (Phi) is 13.6. The smallest absolute Gasteiger partial charge is 0.108 e. The SMILES string of the molecule is C=C(O)/C=C/c1ccc(CC2CCN(C(=C)c3ccc(C)c(C)c3)C2)cc1.C=C/C=C(\C=C/C)C(=C)CC1CCCCC1. The first-order chi connectivity index (χ1) is 20.7. The zero-order valence-electron chi connectivity index (χ0n) is 27.0. The molecule has 0 spiro atoms. The van der Waals surface area contributed by atoms with Crippen LogP contribution in [0.5, 0.6) is 0 Å². The van der Waals surface area contributed by atoms with Crippen molar-refractivity contribution in [3.63, 3.8) is 0 Å². The van der Waals surface area contributed by atoms with Gasteiger partial charge in [0.1, 0.15) is 5.76 Å². The minimum Gasteiger partial charge on any atom is -0.509 e. The summed E-state index contributed by atoms with van der Waals surface area (Å²) in [4.78, 5) is 2.43. The van der Waals surface area contributed by atoms with Crippen molar-refractivity contribution in [2.75, 3.05) is 13.1 Å². The highest BCUT2D eigenvalue weighted by Crippen LogP contribution is 2.31. The number of aryl methyl sites for hydroxylation is 2. The van der Waals surface area contributed by atoms with Gasteiger partial charge in [0.2, 0.25) is 0 Å². The van der Waals surface area contributed by atoms with Gasteiger partial charge in [0.25, 0.3) is 0 Å². The Morgan fingerprint density at radius 2 is 1.63 bits per heavy atom. The number of nitrogens with zero attached hydrogens (tertiary/aromatic N) is 1. The Hall–Kier alpha value is -3.78. The van der Waals surface area contributed by atoms with Crippen LogP contribution in [0, 0.1) is 25.7 Å². The number of hydrogen-bond acceptors (Lipinski definition) is 2. The number of rotatable bonds is 11. The maximum Gasteiger partial charge on any atom is 0.108 e. The van der Waals surface area contributed by atoms with E-state index < -0.39 is 0 Å². The number of hydrogen-bond donors (Lipinski definition) is 1. The maximum absolute atomic E-state index is 9.15. The van der Waals surface area contributed by atoms with Crippen LogP contribution in [0.25, 0.3) is 11.8 Å². The van der Waals surface area contributed by atoms with Gasteiger partial charge >= 0.3 is 0 Å². The first kappa shape index (κ1) is 33.7. The average Bonchev–Trinajstić information content (AvgIpc) is 3.47. The second kappa shape index (κ2) is 17.4. The second-order valence-corrected chi connectivity index (χ2v) is 12.3. The van der Waals surface area contributed by atoms with Gasteiger partial charge in [0.15, 0.2) is 0 Å². The van der Waals surface area contributed by atoms with Crippen molar-refractivity contribution in [3.05, 3.63) is 144 Å². The Labute approximate surface area is 262 Å². The molecule has 0 radical (unpaired) electrons. The van der Waals surface area contributed by atoms with E-state index >= 15 is 0 Å². The molecule has 1 saturated heterocycles. The summed E-state index contributed by atoms with van der Waals surface area (Å²) in [6.45, 7) is 24.3. The van der Waals surface area contributed by atoms with E-state index in [1.165, 1.54) is 71.9 Å². The molecule has 2 aromatic carbocycles. The van der Waals surface area contributed by atoms with Crippen molar-refractivity contribution in [2.24, 2.45) is 11.8 Å². The summed E-state index contributed by atoms with van der Waals surface area (Å²) in [6, 6.07) is 15.2. The van der Waals surface area contributed by atoms with Crippen LogP contribution in [0.3, 0.4) is 0 Å². The zero-order chi connectivity index (χ0) is 31.2. The summed E-state index contributed by atoms with van der Waals surface area (Å²) in [5, 5.41) is 9.15. The van der Waals surface area contributed by atoms with E-state index in [0.717, 1.165) is 43.1 Å². The molecule has 0 amide bonds. The Balaban J connectivity index is 0.000000271. The van der Waals surface area contributed by atoms with Gasteiger partial charge in [0, 0.05) is 18.8 Å². The van der Waals surface area contributed by atoms with Crippen molar-refractivity contribution in [2.45, 2.75) is 72.1 Å². The fourth-order valence-electron chi connectivity index (χ4n) is 6.09. The van der Waals surface area contributed by atoms with Gasteiger partial charge in [-0.2, -0.15) is 0 Å². The van der Waals surface area contributed by atoms with Crippen molar-refractivity contribution in [3.8, 4) is 0 Å². The third kappa shape index (κ3) is 11.1. The average molecular weight is 576 g/mol. The highest BCUT2D eigenvalue weighted by molar-refractivity contribution is 5.63. The normalized spacial score (nSPS) is 17.6. The maximum atomic E-state index is 9.15. The standard InChI is InChI=1S/C25H29NO.C16H24/c1-18-5-12-25(15-19(18)2)21(4)26-14-13-24(17-26)16-23-10-8-22(9-11-23)7-6-20(3)27;1-4-9-16(10-5-2)14(3)13-15-11-7-6-8-12-15/h5-12,15,24,27H,3-4,13-14,16-17H2,1-2H3;4-5,9-10,15H,1,3,6-8,11-13H2,2H3/b7-6+;10-5-,16-9+. The van der Waals surface area contributed by atoms with Gasteiger partial charge in [-0.05, 0) is 103 Å². The molecule has 2 heteroatoms. The molecule has 43 heavy (non-hydrogen) atoms. The van der Waals surface area contributed by atoms with Gasteiger partial charge in [-0.25, -0.2) is 0 Å². The number of aliphatic hydroxyl groups is 1. The molecule has 2 aromatic rings. The molecule has 0 bridgehead atoms. The van der Waals surface area contributed by atoms with E-state index in [1.807, 2.05) is 19.1 Å². The fourth-order valence-corrected chi connectivity index (χ4v) is 6.09. The molecule has 228 valence electrons. The third-order valence-electron chi connectivity index (χ3n) is 8.79. The Bertz CT molecular complexity index is 1330. The molecule has 2 aliphatic rings. The van der Waals surface area contributed by atoms with Crippen LogP contribution in [-0.4, -0.2) is 23.1 Å². The van der Waals surface area contributed by atoms with Gasteiger partial charge in [-0.3, -0.25) is 0 Å². The lowest BCUT2D eigenvalue weighted by molar-refractivity contribution is 0.357. The Morgan fingerprint density at radius 3 is 2.26 bits per heavy atom. The van der Waals surface area contributed by atoms with Crippen LogP contribution in [0.15, 0.2) is 116 Å². The molecule has 1 saturated carbocycles. The highest BCUT2D eigenvalue weighted by atomic mass is 16.3. The van der Waals surface area contributed by atoms with Gasteiger partial charge in [0.05, 0.1) is 0 Å². The van der Waals surface area contributed by atoms with E-state index in [0.29, 0.717) is 5.92 Å². The van der Waals surface area contributed by atoms with Crippen LogP contribution in [-0.2, 0) is 6.42 Å². The summed E-state index contributed by atoms with van der Waals surface area (Å²) in [5.74, 6) is 1.60. The topological polar surface area (TPSA) is 23.5 Å². The fraction of sp³-hybridized carbons (Fsp3) is 0.366. The summed E-state index contributed by atoms with van der Waals surface area (Å²) >= 11 is 0. The van der Waals surface area contributed by atoms with Crippen LogP contribution < -0.4 is 0 Å². The van der Waals surface area contributed by atoms with E-state index in [9.17, 15) is 0 Å². The number of benzene rings is 2. The van der Waals surface area contributed by atoms with Crippen molar-refractivity contribution in [1.29, 1.82) is 0 Å². The van der Waals surface area contributed by atoms with Crippen LogP contribution >= 0.6 is 0 Å². The van der Waals surface area contributed by atoms with E-state index in [2.05, 4.69) is 106 Å². The predicted molar refractivity (Wildman–Crippen MR) is 189 cm³/mol. The molecule has 4 rings (SSSR count). The molecule has 1 atom stereocenters. The molecule has 1 aliphatic carbocycles. The minimum absolute atomic E-state index is 0.0779. The highest BCUT2D eigenvalue weighted by Gasteiger charge is 2.24. The molecule has 1 aliphatic heterocycles. The van der Waals surface area contributed by atoms with Crippen molar-refractivity contribution >= 4 is 11.8 Å². The monoisotopic (exact) mass is 575 g/mol. The number of allylic oxidation sites excluding steroid dienone is 7. The summed E-state index contributed by atoms with van der Waals surface area (Å²) in [7, 11) is 0. The largest absolute Gasteiger partial charge is 0.509 e. The van der Waals surface area contributed by atoms with E-state index in [4.69, 9.17) is 5.11 Å². The van der Waals surface area contributed by atoms with Crippen molar-refractivity contribution in [1.82, 2.24) is 4.90 Å². The first-order valence-electron chi connectivity index (χ1n) is 16.0. The first-order valence-corrected chi connectivity index (χ1v) is 16.0. The molecule has 0 aromatic heterocycles. The third-order valence-corrected chi connectivity index (χ3v) is 8.79. The number of aliphatic hydroxyl groups excluding tert-OH is 1. The van der Waals surface area contributed by atoms with Crippen LogP contribution in [0.2, 0.25) is 0 Å². The van der Waals surface area contributed by atoms with Gasteiger partial charge < -0.3 is 10.0 Å². The van der Waals surface area contributed by atoms with E-state index in [-0.39, 0.29) is 5.76 Å². The molecule has 1 N–H and O–H groups in total. The molecule has 1 unspecified atom stereocenters. The van der Waals surface area contributed by atoms with Gasteiger partial charge in [-0.15, -0.1) is 0 Å². The lowest BCUT2D eigenvalue weighted by Crippen LogP contribution is -2.19. The van der Waals surface area contributed by atoms with Crippen LogP contribution in [0.4, 0.5) is 0 Å². The molecule has 2 nitrogen and oxygen atoms in total. The molecule has 2 fully saturated rings. The zero-order valence-corrected chi connectivity index (χ0v) is 27.0. The Morgan fingerprint density at radius 1 is 0.907 bits per heavy atom. The number of likely N-dealkylation sites (tertiary alicyclic amines) is 1. The van der Waals surface area contributed by atoms with Crippen molar-refractivity contribution < 1.29 is 5.11 Å². The molecular weight excluding hydrogens is 522 g/mol. The minimum atomic E-state index is 0.0779. The quantitative estimate of drug-likeness (QED) is 0.213. The lowest BCUT2D eigenvalue weighted by Gasteiger charge is -2.22. The molecule has 1 heterocycles. The molecular formula is C41H53NO. The van der Waals surface area contributed by atoms with Gasteiger partial charge in [-0.1, -0.05) is 125 Å².